The number of hydrogen-bond acceptors (Lipinski definition) is 5. The molecule has 26 heavy (non-hydrogen) atoms. The Bertz CT molecular complexity index is 901. The number of aromatic nitrogens is 2. The number of pyridine rings is 1. The van der Waals surface area contributed by atoms with Crippen LogP contribution in [0.4, 0.5) is 13.2 Å². The molecule has 0 unspecified atom stereocenters. The summed E-state index contributed by atoms with van der Waals surface area (Å²) in [6.07, 6.45) is -1.05. The third kappa shape index (κ3) is 3.97. The summed E-state index contributed by atoms with van der Waals surface area (Å²) in [6.45, 7) is -0.109. The second-order valence-corrected chi connectivity index (χ2v) is 5.55. The second-order valence-electron chi connectivity index (χ2n) is 5.55. The normalized spacial score (nSPS) is 11.5. The van der Waals surface area contributed by atoms with Crippen LogP contribution in [0.15, 0.2) is 53.2 Å². The van der Waals surface area contributed by atoms with Crippen LogP contribution in [-0.4, -0.2) is 22.3 Å². The van der Waals surface area contributed by atoms with E-state index in [0.717, 1.165) is 17.7 Å². The SMILES string of the molecule is NCC(=O)c1ccc(Cc2ncc(-c3ccc(C(F)(F)F)cc3)o2)cn1. The molecule has 3 rings (SSSR count). The average molecular weight is 361 g/mol. The molecular formula is C18H14F3N3O2. The Balaban J connectivity index is 1.73. The molecule has 0 bridgehead atoms. The molecule has 0 spiro atoms. The fourth-order valence-corrected chi connectivity index (χ4v) is 2.32. The van der Waals surface area contributed by atoms with Crippen molar-refractivity contribution in [2.24, 2.45) is 5.73 Å². The minimum atomic E-state index is -4.38. The molecule has 2 N–H and O–H groups in total. The Morgan fingerprint density at radius 1 is 1.04 bits per heavy atom. The molecule has 0 saturated carbocycles. The lowest BCUT2D eigenvalue weighted by Crippen LogP contribution is -2.14. The second kappa shape index (κ2) is 7.09. The maximum absolute atomic E-state index is 12.6. The number of benzene rings is 1. The fraction of sp³-hybridized carbons (Fsp3) is 0.167. The lowest BCUT2D eigenvalue weighted by atomic mass is 10.1. The number of alkyl halides is 3. The molecule has 0 saturated heterocycles. The molecule has 0 aliphatic heterocycles. The summed E-state index contributed by atoms with van der Waals surface area (Å²) in [5, 5.41) is 0. The summed E-state index contributed by atoms with van der Waals surface area (Å²) < 4.78 is 43.4. The molecule has 0 radical (unpaired) electrons. The Kier molecular flexibility index (Phi) is 4.85. The Morgan fingerprint density at radius 3 is 2.35 bits per heavy atom. The third-order valence-electron chi connectivity index (χ3n) is 3.70. The number of ketones is 1. The zero-order valence-electron chi connectivity index (χ0n) is 13.5. The fourth-order valence-electron chi connectivity index (χ4n) is 2.32. The highest BCUT2D eigenvalue weighted by atomic mass is 19.4. The van der Waals surface area contributed by atoms with Crippen molar-refractivity contribution in [3.8, 4) is 11.3 Å². The van der Waals surface area contributed by atoms with E-state index in [9.17, 15) is 18.0 Å². The summed E-state index contributed by atoms with van der Waals surface area (Å²) in [7, 11) is 0. The topological polar surface area (TPSA) is 82.0 Å². The number of rotatable bonds is 5. The Hall–Kier alpha value is -3.00. The maximum atomic E-state index is 12.6. The number of carbonyl (C=O) groups is 1. The van der Waals surface area contributed by atoms with Gasteiger partial charge in [0.1, 0.15) is 5.69 Å². The molecule has 0 aliphatic carbocycles. The first-order valence-corrected chi connectivity index (χ1v) is 7.67. The third-order valence-corrected chi connectivity index (χ3v) is 3.70. The minimum absolute atomic E-state index is 0.109. The van der Waals surface area contributed by atoms with Gasteiger partial charge in [-0.15, -0.1) is 0 Å². The van der Waals surface area contributed by atoms with Crippen molar-refractivity contribution >= 4 is 5.78 Å². The largest absolute Gasteiger partial charge is 0.440 e. The Morgan fingerprint density at radius 2 is 1.77 bits per heavy atom. The van der Waals surface area contributed by atoms with Crippen LogP contribution >= 0.6 is 0 Å². The quantitative estimate of drug-likeness (QED) is 0.704. The molecule has 0 atom stereocenters. The number of Topliss-reactive ketones (excluding diaryl/α,β-unsaturated/α-hetero) is 1. The molecule has 3 aromatic rings. The summed E-state index contributed by atoms with van der Waals surface area (Å²) in [5.74, 6) is 0.508. The molecule has 0 fully saturated rings. The minimum Gasteiger partial charge on any atom is -0.440 e. The Labute approximate surface area is 146 Å². The first kappa shape index (κ1) is 17.8. The van der Waals surface area contributed by atoms with Crippen LogP contribution in [0, 0.1) is 0 Å². The van der Waals surface area contributed by atoms with Gasteiger partial charge < -0.3 is 10.2 Å². The van der Waals surface area contributed by atoms with Gasteiger partial charge in [-0.05, 0) is 23.8 Å². The highest BCUT2D eigenvalue weighted by Crippen LogP contribution is 2.31. The van der Waals surface area contributed by atoms with Gasteiger partial charge in [0.05, 0.1) is 24.7 Å². The molecule has 0 amide bonds. The number of oxazole rings is 1. The van der Waals surface area contributed by atoms with E-state index in [1.165, 1.54) is 24.5 Å². The van der Waals surface area contributed by atoms with Crippen LogP contribution in [0.2, 0.25) is 0 Å². The highest BCUT2D eigenvalue weighted by molar-refractivity contribution is 5.95. The molecule has 8 heteroatoms. The van der Waals surface area contributed by atoms with Gasteiger partial charge in [0.25, 0.3) is 0 Å². The smallest absolute Gasteiger partial charge is 0.416 e. The van der Waals surface area contributed by atoms with Crippen molar-refractivity contribution in [3.63, 3.8) is 0 Å². The van der Waals surface area contributed by atoms with Gasteiger partial charge in [0.15, 0.2) is 17.4 Å². The summed E-state index contributed by atoms with van der Waals surface area (Å²) in [5.41, 5.74) is 6.12. The molecule has 0 aliphatic rings. The lowest BCUT2D eigenvalue weighted by molar-refractivity contribution is -0.137. The van der Waals surface area contributed by atoms with E-state index < -0.39 is 11.7 Å². The molecule has 134 valence electrons. The van der Waals surface area contributed by atoms with Crippen molar-refractivity contribution in [2.45, 2.75) is 12.6 Å². The van der Waals surface area contributed by atoms with Crippen molar-refractivity contribution in [1.82, 2.24) is 9.97 Å². The molecule has 1 aromatic carbocycles. The first-order valence-electron chi connectivity index (χ1n) is 7.67. The number of carbonyl (C=O) groups excluding carboxylic acids is 1. The van der Waals surface area contributed by atoms with Crippen LogP contribution in [-0.2, 0) is 12.6 Å². The van der Waals surface area contributed by atoms with Crippen molar-refractivity contribution in [2.75, 3.05) is 6.54 Å². The van der Waals surface area contributed by atoms with Gasteiger partial charge in [-0.1, -0.05) is 18.2 Å². The van der Waals surface area contributed by atoms with Gasteiger partial charge in [-0.3, -0.25) is 9.78 Å². The first-order chi connectivity index (χ1) is 12.4. The maximum Gasteiger partial charge on any atom is 0.416 e. The summed E-state index contributed by atoms with van der Waals surface area (Å²) in [4.78, 5) is 19.6. The molecule has 2 heterocycles. The van der Waals surface area contributed by atoms with E-state index in [4.69, 9.17) is 10.2 Å². The van der Waals surface area contributed by atoms with Gasteiger partial charge in [-0.25, -0.2) is 4.98 Å². The van der Waals surface area contributed by atoms with Gasteiger partial charge in [0, 0.05) is 11.8 Å². The van der Waals surface area contributed by atoms with E-state index >= 15 is 0 Å². The monoisotopic (exact) mass is 361 g/mol. The number of halogens is 3. The van der Waals surface area contributed by atoms with Crippen LogP contribution in [0.25, 0.3) is 11.3 Å². The van der Waals surface area contributed by atoms with Gasteiger partial charge in [-0.2, -0.15) is 13.2 Å². The van der Waals surface area contributed by atoms with E-state index in [1.54, 1.807) is 12.1 Å². The predicted octanol–water partition coefficient (Wildman–Crippen LogP) is 3.49. The number of nitrogens with zero attached hydrogens (tertiary/aromatic N) is 2. The van der Waals surface area contributed by atoms with E-state index in [1.807, 2.05) is 0 Å². The van der Waals surface area contributed by atoms with E-state index in [0.29, 0.717) is 23.6 Å². The number of nitrogens with two attached hydrogens (primary N) is 1. The zero-order chi connectivity index (χ0) is 18.7. The summed E-state index contributed by atoms with van der Waals surface area (Å²) >= 11 is 0. The zero-order valence-corrected chi connectivity index (χ0v) is 13.5. The van der Waals surface area contributed by atoms with Crippen LogP contribution in [0.5, 0.6) is 0 Å². The number of hydrogen-bond donors (Lipinski definition) is 1. The van der Waals surface area contributed by atoms with Crippen molar-refractivity contribution in [3.05, 3.63) is 71.5 Å². The van der Waals surface area contributed by atoms with Gasteiger partial charge in [0.2, 0.25) is 0 Å². The van der Waals surface area contributed by atoms with Crippen molar-refractivity contribution in [1.29, 1.82) is 0 Å². The van der Waals surface area contributed by atoms with Crippen LogP contribution in [0.3, 0.4) is 0 Å². The predicted molar refractivity (Wildman–Crippen MR) is 87.4 cm³/mol. The van der Waals surface area contributed by atoms with E-state index in [2.05, 4.69) is 9.97 Å². The highest BCUT2D eigenvalue weighted by Gasteiger charge is 2.30. The molecular weight excluding hydrogens is 347 g/mol. The molecule has 5 nitrogen and oxygen atoms in total. The van der Waals surface area contributed by atoms with Gasteiger partial charge >= 0.3 is 6.18 Å². The van der Waals surface area contributed by atoms with E-state index in [-0.39, 0.29) is 18.0 Å². The molecule has 2 aromatic heterocycles. The summed E-state index contributed by atoms with van der Waals surface area (Å²) in [6, 6.07) is 7.95. The lowest BCUT2D eigenvalue weighted by Gasteiger charge is -2.06. The standard InChI is InChI=1S/C18H14F3N3O2/c19-18(20,21)13-4-2-12(3-5-13)16-10-24-17(26-16)7-11-1-6-14(23-9-11)15(25)8-22/h1-6,9-10H,7-8,22H2. The van der Waals surface area contributed by atoms with Crippen LogP contribution in [0.1, 0.15) is 27.5 Å². The van der Waals surface area contributed by atoms with Crippen molar-refractivity contribution < 1.29 is 22.4 Å². The average Bonchev–Trinajstić information content (AvgIpc) is 3.09. The van der Waals surface area contributed by atoms with Crippen LogP contribution < -0.4 is 5.73 Å².